The Balaban J connectivity index is 1.60. The maximum absolute atomic E-state index is 11.4. The van der Waals surface area contributed by atoms with Crippen LogP contribution in [0, 0.1) is 24.0 Å². The van der Waals surface area contributed by atoms with Crippen LogP contribution in [0.1, 0.15) is 23.8 Å². The van der Waals surface area contributed by atoms with Crippen LogP contribution in [0.3, 0.4) is 0 Å². The molecule has 0 amide bonds. The van der Waals surface area contributed by atoms with Crippen molar-refractivity contribution in [2.24, 2.45) is 0 Å². The molecule has 3 heterocycles. The molecule has 146 valence electrons. The van der Waals surface area contributed by atoms with Crippen molar-refractivity contribution >= 4 is 22.3 Å². The average Bonchev–Trinajstić information content (AvgIpc) is 2.93. The number of non-ortho nitro benzene ring substituents is 1. The highest BCUT2D eigenvalue weighted by molar-refractivity contribution is 5.97. The minimum Gasteiger partial charge on any atom is -0.370 e. The highest BCUT2D eigenvalue weighted by Gasteiger charge is 2.21. The molecule has 4 rings (SSSR count). The summed E-state index contributed by atoms with van der Waals surface area (Å²) in [5.41, 5.74) is 2.28. The van der Waals surface area contributed by atoms with Gasteiger partial charge in [-0.2, -0.15) is 4.98 Å². The predicted octanol–water partition coefficient (Wildman–Crippen LogP) is 2.86. The molecular formula is C19H22N6O3. The maximum Gasteiger partial charge on any atom is 0.295 e. The zero-order valence-electron chi connectivity index (χ0n) is 16.0. The van der Waals surface area contributed by atoms with E-state index >= 15 is 0 Å². The van der Waals surface area contributed by atoms with Crippen molar-refractivity contribution in [3.8, 4) is 0 Å². The second-order valence-electron chi connectivity index (χ2n) is 7.06. The van der Waals surface area contributed by atoms with Crippen LogP contribution < -0.4 is 4.90 Å². The average molecular weight is 382 g/mol. The Labute approximate surface area is 162 Å². The van der Waals surface area contributed by atoms with Crippen molar-refractivity contribution in [3.05, 3.63) is 51.8 Å². The van der Waals surface area contributed by atoms with E-state index in [9.17, 15) is 10.1 Å². The second kappa shape index (κ2) is 7.51. The van der Waals surface area contributed by atoms with E-state index in [1.165, 1.54) is 6.07 Å². The van der Waals surface area contributed by atoms with Crippen LogP contribution in [0.5, 0.6) is 0 Å². The fourth-order valence-corrected chi connectivity index (χ4v) is 3.72. The quantitative estimate of drug-likeness (QED) is 0.501. The zero-order chi connectivity index (χ0) is 19.7. The van der Waals surface area contributed by atoms with Crippen LogP contribution in [-0.2, 0) is 6.54 Å². The Morgan fingerprint density at radius 3 is 2.79 bits per heavy atom. The first kappa shape index (κ1) is 18.3. The van der Waals surface area contributed by atoms with Gasteiger partial charge in [-0.1, -0.05) is 17.3 Å². The van der Waals surface area contributed by atoms with Crippen LogP contribution in [0.15, 0.2) is 28.8 Å². The molecule has 0 aliphatic carbocycles. The third kappa shape index (κ3) is 3.65. The van der Waals surface area contributed by atoms with Gasteiger partial charge in [0, 0.05) is 55.9 Å². The summed E-state index contributed by atoms with van der Waals surface area (Å²) in [4.78, 5) is 24.4. The van der Waals surface area contributed by atoms with Gasteiger partial charge in [0.2, 0.25) is 5.89 Å². The first-order valence-electron chi connectivity index (χ1n) is 9.32. The molecule has 1 aliphatic rings. The fraction of sp³-hybridized carbons (Fsp3) is 0.421. The molecule has 0 bridgehead atoms. The third-order valence-electron chi connectivity index (χ3n) is 4.99. The summed E-state index contributed by atoms with van der Waals surface area (Å²) in [6, 6.07) is 7.17. The highest BCUT2D eigenvalue weighted by Crippen LogP contribution is 2.32. The van der Waals surface area contributed by atoms with Gasteiger partial charge in [-0.15, -0.1) is 0 Å². The summed E-state index contributed by atoms with van der Waals surface area (Å²) in [7, 11) is 0. The summed E-state index contributed by atoms with van der Waals surface area (Å²) >= 11 is 0. The van der Waals surface area contributed by atoms with Gasteiger partial charge >= 0.3 is 0 Å². The minimum absolute atomic E-state index is 0.0476. The predicted molar refractivity (Wildman–Crippen MR) is 104 cm³/mol. The highest BCUT2D eigenvalue weighted by atomic mass is 16.6. The van der Waals surface area contributed by atoms with Crippen LogP contribution in [-0.4, -0.2) is 51.1 Å². The van der Waals surface area contributed by atoms with Gasteiger partial charge in [0.05, 0.1) is 11.5 Å². The molecule has 3 aromatic rings. The molecule has 1 fully saturated rings. The Hall–Kier alpha value is -3.07. The lowest BCUT2D eigenvalue weighted by Gasteiger charge is -2.25. The standard InChI is InChI=1S/C19H22N6O3/c1-13-11-17(15-5-3-6-16(25(26)27)19(15)20-13)24-8-4-7-23(9-10-24)12-18-21-14(2)28-22-18/h3,5-6,11H,4,7-10,12H2,1-2H3. The molecule has 0 unspecified atom stereocenters. The van der Waals surface area contributed by atoms with Crippen molar-refractivity contribution in [2.45, 2.75) is 26.8 Å². The number of aromatic nitrogens is 3. The Bertz CT molecular complexity index is 1020. The summed E-state index contributed by atoms with van der Waals surface area (Å²) < 4.78 is 5.06. The molecule has 9 heteroatoms. The Kier molecular flexibility index (Phi) is 4.91. The normalized spacial score (nSPS) is 15.7. The molecule has 28 heavy (non-hydrogen) atoms. The molecule has 1 aromatic carbocycles. The SMILES string of the molecule is Cc1cc(N2CCCN(Cc3noc(C)n3)CC2)c2cccc([N+](=O)[O-])c2n1. The topological polar surface area (TPSA) is 101 Å². The maximum atomic E-state index is 11.4. The molecular weight excluding hydrogens is 360 g/mol. The van der Waals surface area contributed by atoms with Crippen molar-refractivity contribution in [2.75, 3.05) is 31.1 Å². The molecule has 1 saturated heterocycles. The number of rotatable bonds is 4. The third-order valence-corrected chi connectivity index (χ3v) is 4.99. The van der Waals surface area contributed by atoms with E-state index in [1.807, 2.05) is 19.1 Å². The lowest BCUT2D eigenvalue weighted by atomic mass is 10.1. The van der Waals surface area contributed by atoms with E-state index in [-0.39, 0.29) is 10.6 Å². The molecule has 0 atom stereocenters. The molecule has 0 saturated carbocycles. The van der Waals surface area contributed by atoms with E-state index in [2.05, 4.69) is 24.9 Å². The van der Waals surface area contributed by atoms with Crippen molar-refractivity contribution in [1.82, 2.24) is 20.0 Å². The van der Waals surface area contributed by atoms with Crippen molar-refractivity contribution in [3.63, 3.8) is 0 Å². The molecule has 0 N–H and O–H groups in total. The Morgan fingerprint density at radius 2 is 2.04 bits per heavy atom. The molecule has 0 radical (unpaired) electrons. The summed E-state index contributed by atoms with van der Waals surface area (Å²) in [6.45, 7) is 7.81. The number of hydrogen-bond acceptors (Lipinski definition) is 8. The summed E-state index contributed by atoms with van der Waals surface area (Å²) in [5.74, 6) is 1.28. The largest absolute Gasteiger partial charge is 0.370 e. The van der Waals surface area contributed by atoms with E-state index < -0.39 is 0 Å². The van der Waals surface area contributed by atoms with E-state index in [4.69, 9.17) is 4.52 Å². The van der Waals surface area contributed by atoms with Crippen LogP contribution >= 0.6 is 0 Å². The molecule has 2 aromatic heterocycles. The number of para-hydroxylation sites is 1. The lowest BCUT2D eigenvalue weighted by Crippen LogP contribution is -2.31. The van der Waals surface area contributed by atoms with Crippen LogP contribution in [0.4, 0.5) is 11.4 Å². The number of benzene rings is 1. The number of nitrogens with zero attached hydrogens (tertiary/aromatic N) is 6. The molecule has 0 spiro atoms. The van der Waals surface area contributed by atoms with E-state index in [0.29, 0.717) is 23.8 Å². The van der Waals surface area contributed by atoms with Gasteiger partial charge in [-0.25, -0.2) is 4.98 Å². The van der Waals surface area contributed by atoms with E-state index in [1.54, 1.807) is 13.0 Å². The molecule has 9 nitrogen and oxygen atoms in total. The number of anilines is 1. The van der Waals surface area contributed by atoms with Crippen molar-refractivity contribution in [1.29, 1.82) is 0 Å². The van der Waals surface area contributed by atoms with Crippen LogP contribution in [0.2, 0.25) is 0 Å². The number of nitro groups is 1. The summed E-state index contributed by atoms with van der Waals surface area (Å²) in [5, 5.41) is 16.2. The van der Waals surface area contributed by atoms with Crippen molar-refractivity contribution < 1.29 is 9.45 Å². The number of nitro benzene ring substituents is 1. The minimum atomic E-state index is -0.365. The van der Waals surface area contributed by atoms with Gasteiger partial charge < -0.3 is 9.42 Å². The Morgan fingerprint density at radius 1 is 1.18 bits per heavy atom. The fourth-order valence-electron chi connectivity index (χ4n) is 3.72. The monoisotopic (exact) mass is 382 g/mol. The van der Waals surface area contributed by atoms with Gasteiger partial charge in [-0.05, 0) is 19.4 Å². The van der Waals surface area contributed by atoms with Crippen LogP contribution in [0.25, 0.3) is 10.9 Å². The second-order valence-corrected chi connectivity index (χ2v) is 7.06. The number of hydrogen-bond donors (Lipinski definition) is 0. The van der Waals surface area contributed by atoms with Gasteiger partial charge in [0.15, 0.2) is 11.3 Å². The zero-order valence-corrected chi connectivity index (χ0v) is 16.0. The van der Waals surface area contributed by atoms with Gasteiger partial charge in [0.25, 0.3) is 5.69 Å². The van der Waals surface area contributed by atoms with Gasteiger partial charge in [-0.3, -0.25) is 15.0 Å². The number of aryl methyl sites for hydroxylation is 2. The molecule has 1 aliphatic heterocycles. The first-order valence-corrected chi connectivity index (χ1v) is 9.32. The number of pyridine rings is 1. The van der Waals surface area contributed by atoms with Gasteiger partial charge in [0.1, 0.15) is 0 Å². The first-order chi connectivity index (χ1) is 13.5. The number of fused-ring (bicyclic) bond motifs is 1. The summed E-state index contributed by atoms with van der Waals surface area (Å²) in [6.07, 6.45) is 0.981. The smallest absolute Gasteiger partial charge is 0.295 e. The lowest BCUT2D eigenvalue weighted by molar-refractivity contribution is -0.383. The van der Waals surface area contributed by atoms with E-state index in [0.717, 1.165) is 49.4 Å².